The molecule has 0 aliphatic carbocycles. The fraction of sp³-hybridized carbons (Fsp3) is 0.310. The number of carbonyl (C=O) groups is 2. The number of nitrogens with one attached hydrogen (secondary N) is 1. The molecule has 0 aromatic heterocycles. The molecule has 0 saturated heterocycles. The number of rotatable bonds is 10. The van der Waals surface area contributed by atoms with E-state index in [1.807, 2.05) is 87.5 Å². The molecule has 8 heteroatoms. The molecule has 0 aliphatic rings. The van der Waals surface area contributed by atoms with Gasteiger partial charge in [0.1, 0.15) is 12.6 Å². The summed E-state index contributed by atoms with van der Waals surface area (Å²) in [6.07, 6.45) is 1.38. The van der Waals surface area contributed by atoms with Crippen molar-refractivity contribution >= 4 is 27.5 Å². The first-order valence-corrected chi connectivity index (χ1v) is 14.0. The van der Waals surface area contributed by atoms with Crippen LogP contribution >= 0.6 is 0 Å². The van der Waals surface area contributed by atoms with Crippen molar-refractivity contribution in [2.45, 2.75) is 39.8 Å². The van der Waals surface area contributed by atoms with E-state index in [2.05, 4.69) is 5.32 Å². The molecule has 1 atom stereocenters. The Morgan fingerprint density at radius 1 is 0.892 bits per heavy atom. The van der Waals surface area contributed by atoms with Crippen LogP contribution in [0.15, 0.2) is 72.8 Å². The molecule has 196 valence electrons. The minimum absolute atomic E-state index is 0.168. The summed E-state index contributed by atoms with van der Waals surface area (Å²) in [4.78, 5) is 28.6. The Labute approximate surface area is 220 Å². The molecule has 37 heavy (non-hydrogen) atoms. The summed E-state index contributed by atoms with van der Waals surface area (Å²) in [5.74, 6) is -0.776. The van der Waals surface area contributed by atoms with Crippen molar-refractivity contribution in [1.82, 2.24) is 10.2 Å². The van der Waals surface area contributed by atoms with Crippen molar-refractivity contribution < 1.29 is 18.0 Å². The zero-order chi connectivity index (χ0) is 27.2. The predicted molar refractivity (Wildman–Crippen MR) is 148 cm³/mol. The van der Waals surface area contributed by atoms with E-state index in [0.29, 0.717) is 12.1 Å². The van der Waals surface area contributed by atoms with Crippen molar-refractivity contribution in [1.29, 1.82) is 0 Å². The van der Waals surface area contributed by atoms with E-state index in [9.17, 15) is 18.0 Å². The maximum Gasteiger partial charge on any atom is 0.244 e. The molecule has 0 radical (unpaired) electrons. The topological polar surface area (TPSA) is 86.8 Å². The van der Waals surface area contributed by atoms with Gasteiger partial charge in [-0.2, -0.15) is 0 Å². The number of anilines is 1. The third-order valence-electron chi connectivity index (χ3n) is 6.42. The van der Waals surface area contributed by atoms with Crippen LogP contribution in [0.5, 0.6) is 0 Å². The first kappa shape index (κ1) is 27.9. The summed E-state index contributed by atoms with van der Waals surface area (Å²) in [5.41, 5.74) is 4.94. The minimum Gasteiger partial charge on any atom is -0.357 e. The summed E-state index contributed by atoms with van der Waals surface area (Å²) in [6, 6.07) is 21.7. The SMILES string of the molecule is CNC(=O)C(Cc1ccccc1)N(Cc1ccccc1C)C(=O)CN(c1ccc(C)cc1C)S(C)(=O)=O. The molecule has 0 spiro atoms. The zero-order valence-corrected chi connectivity index (χ0v) is 22.9. The lowest BCUT2D eigenvalue weighted by Gasteiger charge is -2.34. The number of amides is 2. The Balaban J connectivity index is 2.06. The second-order valence-electron chi connectivity index (χ2n) is 9.33. The Kier molecular flexibility index (Phi) is 9.10. The lowest BCUT2D eigenvalue weighted by Crippen LogP contribution is -2.53. The second-order valence-corrected chi connectivity index (χ2v) is 11.2. The largest absolute Gasteiger partial charge is 0.357 e. The van der Waals surface area contributed by atoms with Crippen LogP contribution in [-0.4, -0.2) is 51.0 Å². The standard InChI is InChI=1S/C29H35N3O4S/c1-21-15-16-26(23(3)17-21)32(37(5,35)36)20-28(33)31(19-25-14-10-9-11-22(25)2)27(29(34)30-4)18-24-12-7-6-8-13-24/h6-17,27H,18-20H2,1-5H3,(H,30,34). The highest BCUT2D eigenvalue weighted by Gasteiger charge is 2.33. The highest BCUT2D eigenvalue weighted by atomic mass is 32.2. The van der Waals surface area contributed by atoms with Gasteiger partial charge in [0.2, 0.25) is 21.8 Å². The van der Waals surface area contributed by atoms with Crippen LogP contribution in [0.25, 0.3) is 0 Å². The summed E-state index contributed by atoms with van der Waals surface area (Å²) in [5, 5.41) is 2.69. The average molecular weight is 522 g/mol. The second kappa shape index (κ2) is 12.1. The fourth-order valence-corrected chi connectivity index (χ4v) is 5.28. The van der Waals surface area contributed by atoms with E-state index >= 15 is 0 Å². The Bertz CT molecular complexity index is 1360. The van der Waals surface area contributed by atoms with Crippen molar-refractivity contribution in [2.24, 2.45) is 0 Å². The van der Waals surface area contributed by atoms with Crippen molar-refractivity contribution in [3.63, 3.8) is 0 Å². The van der Waals surface area contributed by atoms with E-state index in [1.54, 1.807) is 6.07 Å². The normalized spacial score (nSPS) is 12.0. The number of carbonyl (C=O) groups excluding carboxylic acids is 2. The monoisotopic (exact) mass is 521 g/mol. The average Bonchev–Trinajstić information content (AvgIpc) is 2.85. The predicted octanol–water partition coefficient (Wildman–Crippen LogP) is 3.76. The highest BCUT2D eigenvalue weighted by Crippen LogP contribution is 2.25. The number of sulfonamides is 1. The van der Waals surface area contributed by atoms with Crippen LogP contribution < -0.4 is 9.62 Å². The van der Waals surface area contributed by atoms with Crippen LogP contribution in [0.4, 0.5) is 5.69 Å². The van der Waals surface area contributed by atoms with Gasteiger partial charge in [-0.3, -0.25) is 13.9 Å². The molecule has 1 unspecified atom stereocenters. The number of hydrogen-bond donors (Lipinski definition) is 1. The van der Waals surface area contributed by atoms with E-state index in [0.717, 1.165) is 38.4 Å². The Morgan fingerprint density at radius 2 is 1.54 bits per heavy atom. The lowest BCUT2D eigenvalue weighted by atomic mass is 10.0. The first-order valence-electron chi connectivity index (χ1n) is 12.2. The lowest BCUT2D eigenvalue weighted by molar-refractivity contribution is -0.139. The molecule has 0 fully saturated rings. The number of benzene rings is 3. The van der Waals surface area contributed by atoms with Crippen molar-refractivity contribution in [3.8, 4) is 0 Å². The van der Waals surface area contributed by atoms with Crippen molar-refractivity contribution in [2.75, 3.05) is 24.2 Å². The van der Waals surface area contributed by atoms with E-state index in [-0.39, 0.29) is 12.5 Å². The third-order valence-corrected chi connectivity index (χ3v) is 7.55. The summed E-state index contributed by atoms with van der Waals surface area (Å²) >= 11 is 0. The fourth-order valence-electron chi connectivity index (χ4n) is 4.37. The van der Waals surface area contributed by atoms with Gasteiger partial charge in [-0.1, -0.05) is 72.3 Å². The van der Waals surface area contributed by atoms with Gasteiger partial charge in [0.05, 0.1) is 11.9 Å². The van der Waals surface area contributed by atoms with Gasteiger partial charge in [-0.25, -0.2) is 8.42 Å². The maximum atomic E-state index is 14.0. The van der Waals surface area contributed by atoms with Gasteiger partial charge >= 0.3 is 0 Å². The summed E-state index contributed by atoms with van der Waals surface area (Å²) < 4.78 is 26.9. The summed E-state index contributed by atoms with van der Waals surface area (Å²) in [6.45, 7) is 5.44. The smallest absolute Gasteiger partial charge is 0.244 e. The van der Waals surface area contributed by atoms with Gasteiger partial charge in [-0.15, -0.1) is 0 Å². The molecule has 0 aliphatic heterocycles. The van der Waals surface area contributed by atoms with E-state index < -0.39 is 28.5 Å². The molecule has 7 nitrogen and oxygen atoms in total. The number of aryl methyl sites for hydroxylation is 3. The maximum absolute atomic E-state index is 14.0. The van der Waals surface area contributed by atoms with Gasteiger partial charge < -0.3 is 10.2 Å². The molecule has 3 aromatic rings. The number of likely N-dealkylation sites (N-methyl/N-ethyl adjacent to an activating group) is 1. The van der Waals surface area contributed by atoms with Crippen LogP contribution in [-0.2, 0) is 32.6 Å². The Morgan fingerprint density at radius 3 is 2.14 bits per heavy atom. The van der Waals surface area contributed by atoms with Crippen LogP contribution in [0.2, 0.25) is 0 Å². The van der Waals surface area contributed by atoms with E-state index in [4.69, 9.17) is 0 Å². The summed E-state index contributed by atoms with van der Waals surface area (Å²) in [7, 11) is -2.25. The van der Waals surface area contributed by atoms with Gasteiger partial charge in [-0.05, 0) is 49.1 Å². The quantitative estimate of drug-likeness (QED) is 0.440. The molecule has 0 heterocycles. The number of hydrogen-bond acceptors (Lipinski definition) is 4. The highest BCUT2D eigenvalue weighted by molar-refractivity contribution is 7.92. The van der Waals surface area contributed by atoms with Gasteiger partial charge in [0.15, 0.2) is 0 Å². The molecule has 3 aromatic carbocycles. The third kappa shape index (κ3) is 7.20. The molecule has 1 N–H and O–H groups in total. The zero-order valence-electron chi connectivity index (χ0n) is 22.1. The minimum atomic E-state index is -3.79. The Hall–Kier alpha value is -3.65. The molecule has 2 amide bonds. The van der Waals surface area contributed by atoms with Crippen LogP contribution in [0.3, 0.4) is 0 Å². The molecular formula is C29H35N3O4S. The number of nitrogens with zero attached hydrogens (tertiary/aromatic N) is 2. The van der Waals surface area contributed by atoms with E-state index in [1.165, 1.54) is 11.9 Å². The first-order chi connectivity index (χ1) is 17.5. The van der Waals surface area contributed by atoms with Gasteiger partial charge in [0.25, 0.3) is 0 Å². The van der Waals surface area contributed by atoms with Crippen LogP contribution in [0, 0.1) is 20.8 Å². The van der Waals surface area contributed by atoms with Crippen molar-refractivity contribution in [3.05, 3.63) is 101 Å². The molecule has 0 saturated carbocycles. The molecular weight excluding hydrogens is 486 g/mol. The van der Waals surface area contributed by atoms with Gasteiger partial charge in [0, 0.05) is 20.0 Å². The molecule has 3 rings (SSSR count). The van der Waals surface area contributed by atoms with Crippen LogP contribution in [0.1, 0.15) is 27.8 Å². The molecule has 0 bridgehead atoms.